The number of nitrogens with zero attached hydrogens (tertiary/aromatic N) is 2. The number of rotatable bonds is 6. The van der Waals surface area contributed by atoms with Crippen molar-refractivity contribution in [2.75, 3.05) is 13.7 Å². The first-order valence-electron chi connectivity index (χ1n) is 7.23. The molecule has 0 fully saturated rings. The van der Waals surface area contributed by atoms with E-state index in [9.17, 15) is 9.59 Å². The van der Waals surface area contributed by atoms with Gasteiger partial charge in [-0.2, -0.15) is 4.99 Å². The topological polar surface area (TPSA) is 68.2 Å². The predicted octanol–water partition coefficient (Wildman–Crippen LogP) is 2.45. The van der Waals surface area contributed by atoms with Gasteiger partial charge in [-0.1, -0.05) is 6.07 Å². The van der Waals surface area contributed by atoms with Gasteiger partial charge in [-0.15, -0.1) is 0 Å². The molecule has 0 unspecified atom stereocenters. The molecule has 0 aliphatic carbocycles. The minimum absolute atomic E-state index is 0.0382. The Bertz CT molecular complexity index is 623. The maximum Gasteiger partial charge on any atom is 0.350 e. The molecule has 1 aromatic carbocycles. The van der Waals surface area contributed by atoms with Crippen LogP contribution in [0.15, 0.2) is 23.2 Å². The van der Waals surface area contributed by atoms with Crippen LogP contribution in [0.25, 0.3) is 0 Å². The number of hydrogen-bond acceptors (Lipinski definition) is 4. The van der Waals surface area contributed by atoms with Crippen LogP contribution in [0.4, 0.5) is 4.79 Å². The van der Waals surface area contributed by atoms with Crippen LogP contribution in [0.5, 0.6) is 11.5 Å². The molecule has 0 aromatic heterocycles. The van der Waals surface area contributed by atoms with Crippen LogP contribution in [-0.2, 0) is 11.2 Å². The molecular formula is C16H20N2O4. The maximum absolute atomic E-state index is 12.0. The van der Waals surface area contributed by atoms with Crippen LogP contribution in [-0.4, -0.2) is 42.3 Å². The zero-order valence-electron chi connectivity index (χ0n) is 13.3. The summed E-state index contributed by atoms with van der Waals surface area (Å²) in [5, 5.41) is 0. The first kappa shape index (κ1) is 16.0. The molecule has 1 aliphatic heterocycles. The van der Waals surface area contributed by atoms with E-state index in [0.29, 0.717) is 24.5 Å². The second-order valence-corrected chi connectivity index (χ2v) is 5.22. The molecule has 1 aromatic rings. The van der Waals surface area contributed by atoms with Crippen molar-refractivity contribution in [1.82, 2.24) is 4.90 Å². The fourth-order valence-electron chi connectivity index (χ4n) is 2.23. The molecule has 0 saturated carbocycles. The van der Waals surface area contributed by atoms with Gasteiger partial charge in [0.25, 0.3) is 5.91 Å². The number of hydrogen-bond donors (Lipinski definition) is 0. The fourth-order valence-corrected chi connectivity index (χ4v) is 2.23. The molecule has 0 radical (unpaired) electrons. The Morgan fingerprint density at radius 3 is 2.50 bits per heavy atom. The summed E-state index contributed by atoms with van der Waals surface area (Å²) in [7, 11) is 1.56. The highest BCUT2D eigenvalue weighted by molar-refractivity contribution is 6.46. The molecular weight excluding hydrogens is 284 g/mol. The van der Waals surface area contributed by atoms with Crippen molar-refractivity contribution in [3.8, 4) is 11.5 Å². The average molecular weight is 304 g/mol. The van der Waals surface area contributed by atoms with Gasteiger partial charge < -0.3 is 9.47 Å². The minimum Gasteiger partial charge on any atom is -0.493 e. The van der Waals surface area contributed by atoms with Gasteiger partial charge in [0.2, 0.25) is 0 Å². The van der Waals surface area contributed by atoms with E-state index in [1.165, 1.54) is 0 Å². The van der Waals surface area contributed by atoms with Gasteiger partial charge in [-0.25, -0.2) is 4.79 Å². The molecule has 3 amide bonds. The van der Waals surface area contributed by atoms with E-state index in [4.69, 9.17) is 9.47 Å². The number of aliphatic imine (C=N–C) groups is 1. The average Bonchev–Trinajstić information content (AvgIpc) is 2.74. The third-order valence-corrected chi connectivity index (χ3v) is 3.23. The van der Waals surface area contributed by atoms with Crippen LogP contribution < -0.4 is 9.47 Å². The molecule has 1 heterocycles. The normalized spacial score (nSPS) is 14.6. The molecule has 6 heteroatoms. The lowest BCUT2D eigenvalue weighted by molar-refractivity contribution is -0.120. The molecule has 118 valence electrons. The van der Waals surface area contributed by atoms with Crippen molar-refractivity contribution >= 4 is 17.6 Å². The first-order valence-corrected chi connectivity index (χ1v) is 7.23. The summed E-state index contributed by atoms with van der Waals surface area (Å²) in [6, 6.07) is 4.95. The van der Waals surface area contributed by atoms with Crippen molar-refractivity contribution in [1.29, 1.82) is 0 Å². The number of carbonyl (C=O) groups excluding carboxylic acids is 2. The molecule has 22 heavy (non-hydrogen) atoms. The monoisotopic (exact) mass is 304 g/mol. The summed E-state index contributed by atoms with van der Waals surface area (Å²) in [5.74, 6) is 0.914. The number of amides is 3. The van der Waals surface area contributed by atoms with E-state index in [2.05, 4.69) is 4.99 Å². The third-order valence-electron chi connectivity index (χ3n) is 3.23. The van der Waals surface area contributed by atoms with Gasteiger partial charge in [0.1, 0.15) is 5.71 Å². The summed E-state index contributed by atoms with van der Waals surface area (Å²) in [6.45, 7) is 5.94. The number of ether oxygens (including phenoxy) is 2. The molecule has 0 N–H and O–H groups in total. The van der Waals surface area contributed by atoms with Crippen molar-refractivity contribution in [2.45, 2.75) is 33.3 Å². The Morgan fingerprint density at radius 1 is 1.23 bits per heavy atom. The number of imide groups is 1. The summed E-state index contributed by atoms with van der Waals surface area (Å²) >= 11 is 0. The number of methoxy groups -OCH3 is 1. The quantitative estimate of drug-likeness (QED) is 0.809. The van der Waals surface area contributed by atoms with E-state index < -0.39 is 6.03 Å². The van der Waals surface area contributed by atoms with Crippen LogP contribution in [0.1, 0.15) is 26.3 Å². The highest BCUT2D eigenvalue weighted by atomic mass is 16.5. The highest BCUT2D eigenvalue weighted by Gasteiger charge is 2.31. The van der Waals surface area contributed by atoms with Crippen molar-refractivity contribution < 1.29 is 19.1 Å². The number of carbonyl (C=O) groups is 2. The first-order chi connectivity index (χ1) is 10.5. The molecule has 1 aliphatic rings. The Morgan fingerprint density at radius 2 is 1.95 bits per heavy atom. The summed E-state index contributed by atoms with van der Waals surface area (Å²) in [5.41, 5.74) is 1.09. The minimum atomic E-state index is -0.491. The Hall–Kier alpha value is -2.37. The SMILES string of the molecule is CCN1C(=O)N=C(Cc2ccc(OC(C)C)c(OC)c2)C1=O. The third kappa shape index (κ3) is 3.27. The molecule has 6 nitrogen and oxygen atoms in total. The van der Waals surface area contributed by atoms with Gasteiger partial charge in [0, 0.05) is 13.0 Å². The van der Waals surface area contributed by atoms with Crippen molar-refractivity contribution in [2.24, 2.45) is 4.99 Å². The van der Waals surface area contributed by atoms with E-state index in [1.807, 2.05) is 19.9 Å². The molecule has 2 rings (SSSR count). The Kier molecular flexibility index (Phi) is 4.80. The lowest BCUT2D eigenvalue weighted by atomic mass is 10.1. The van der Waals surface area contributed by atoms with Gasteiger partial charge in [-0.05, 0) is 38.5 Å². The predicted molar refractivity (Wildman–Crippen MR) is 82.7 cm³/mol. The zero-order chi connectivity index (χ0) is 16.3. The van der Waals surface area contributed by atoms with Crippen LogP contribution in [0.3, 0.4) is 0 Å². The van der Waals surface area contributed by atoms with Gasteiger partial charge >= 0.3 is 6.03 Å². The summed E-state index contributed by atoms with van der Waals surface area (Å²) in [6.07, 6.45) is 0.329. The van der Waals surface area contributed by atoms with Gasteiger partial charge in [-0.3, -0.25) is 9.69 Å². The fraction of sp³-hybridized carbons (Fsp3) is 0.438. The summed E-state index contributed by atoms with van der Waals surface area (Å²) < 4.78 is 11.0. The number of benzene rings is 1. The van der Waals surface area contributed by atoms with Crippen LogP contribution >= 0.6 is 0 Å². The summed E-state index contributed by atoms with van der Waals surface area (Å²) in [4.78, 5) is 28.6. The molecule has 0 bridgehead atoms. The zero-order valence-corrected chi connectivity index (χ0v) is 13.3. The van der Waals surface area contributed by atoms with Gasteiger partial charge in [0.05, 0.1) is 13.2 Å². The highest BCUT2D eigenvalue weighted by Crippen LogP contribution is 2.29. The Balaban J connectivity index is 2.19. The second-order valence-electron chi connectivity index (χ2n) is 5.22. The van der Waals surface area contributed by atoms with E-state index in [1.54, 1.807) is 26.2 Å². The Labute approximate surface area is 129 Å². The van der Waals surface area contributed by atoms with Crippen molar-refractivity contribution in [3.63, 3.8) is 0 Å². The van der Waals surface area contributed by atoms with Crippen molar-refractivity contribution in [3.05, 3.63) is 23.8 Å². The van der Waals surface area contributed by atoms with E-state index in [-0.39, 0.29) is 17.7 Å². The van der Waals surface area contributed by atoms with Crippen LogP contribution in [0, 0.1) is 0 Å². The molecule has 0 spiro atoms. The van der Waals surface area contributed by atoms with Gasteiger partial charge in [0.15, 0.2) is 11.5 Å². The lowest BCUT2D eigenvalue weighted by Crippen LogP contribution is -2.32. The molecule has 0 saturated heterocycles. The maximum atomic E-state index is 12.0. The largest absolute Gasteiger partial charge is 0.493 e. The van der Waals surface area contributed by atoms with E-state index in [0.717, 1.165) is 10.5 Å². The van der Waals surface area contributed by atoms with E-state index >= 15 is 0 Å². The standard InChI is InChI=1S/C16H20N2O4/c1-5-18-15(19)12(17-16(18)20)8-11-6-7-13(22-10(2)3)14(9-11)21-4/h6-7,9-10H,5,8H2,1-4H3. The second kappa shape index (κ2) is 6.60. The van der Waals surface area contributed by atoms with Crippen LogP contribution in [0.2, 0.25) is 0 Å². The number of urea groups is 1. The lowest BCUT2D eigenvalue weighted by Gasteiger charge is -2.14. The molecule has 0 atom stereocenters. The smallest absolute Gasteiger partial charge is 0.350 e.